The van der Waals surface area contributed by atoms with E-state index in [9.17, 15) is 14.4 Å². The van der Waals surface area contributed by atoms with Gasteiger partial charge in [0, 0.05) is 50.0 Å². The molecule has 2 amide bonds. The maximum atomic E-state index is 12.6. The topological polar surface area (TPSA) is 117 Å². The molecule has 2 heterocycles. The van der Waals surface area contributed by atoms with Gasteiger partial charge in [-0.1, -0.05) is 12.1 Å². The van der Waals surface area contributed by atoms with Gasteiger partial charge in [0.2, 0.25) is 11.9 Å². The standard InChI is InChI=1S/C25H35N5O5/c1-17-20(22(32)28-23(26-17)30-11-13-34-14-12-30)9-10-21(31)27-19-8-6-7-18(15-19)16-29(5)24(33)35-25(2,3)4/h6-8,15H,9-14,16H2,1-5H3,(H,27,31)(H,26,28,32). The third-order valence-corrected chi connectivity index (χ3v) is 5.46. The molecular formula is C25H35N5O5. The summed E-state index contributed by atoms with van der Waals surface area (Å²) in [5, 5.41) is 2.87. The summed E-state index contributed by atoms with van der Waals surface area (Å²) in [7, 11) is 1.66. The number of nitrogens with zero attached hydrogens (tertiary/aromatic N) is 3. The Morgan fingerprint density at radius 2 is 1.97 bits per heavy atom. The summed E-state index contributed by atoms with van der Waals surface area (Å²) in [6.07, 6.45) is 0.00965. The molecule has 0 saturated carbocycles. The van der Waals surface area contributed by atoms with Gasteiger partial charge in [0.05, 0.1) is 13.2 Å². The summed E-state index contributed by atoms with van der Waals surface area (Å²) in [5.74, 6) is 0.330. The van der Waals surface area contributed by atoms with Gasteiger partial charge in [0.1, 0.15) is 5.60 Å². The van der Waals surface area contributed by atoms with Crippen molar-refractivity contribution in [3.8, 4) is 0 Å². The first-order chi connectivity index (χ1) is 16.5. The molecule has 1 fully saturated rings. The highest BCUT2D eigenvalue weighted by atomic mass is 16.6. The fraction of sp³-hybridized carbons (Fsp3) is 0.520. The van der Waals surface area contributed by atoms with Crippen LogP contribution in [0.1, 0.15) is 44.0 Å². The van der Waals surface area contributed by atoms with E-state index in [1.165, 1.54) is 4.90 Å². The zero-order chi connectivity index (χ0) is 25.6. The summed E-state index contributed by atoms with van der Waals surface area (Å²) in [6, 6.07) is 7.29. The molecule has 0 bridgehead atoms. The molecule has 0 aliphatic carbocycles. The first-order valence-corrected chi connectivity index (χ1v) is 11.8. The fourth-order valence-corrected chi connectivity index (χ4v) is 3.70. The number of aryl methyl sites for hydroxylation is 1. The number of carbonyl (C=O) groups is 2. The van der Waals surface area contributed by atoms with E-state index in [4.69, 9.17) is 9.47 Å². The van der Waals surface area contributed by atoms with Gasteiger partial charge in [0.25, 0.3) is 5.56 Å². The van der Waals surface area contributed by atoms with E-state index >= 15 is 0 Å². The number of anilines is 2. The number of rotatable bonds is 7. The Hall–Kier alpha value is -3.40. The van der Waals surface area contributed by atoms with Gasteiger partial charge < -0.3 is 24.6 Å². The van der Waals surface area contributed by atoms with Crippen LogP contribution in [0.3, 0.4) is 0 Å². The summed E-state index contributed by atoms with van der Waals surface area (Å²) in [4.78, 5) is 48.3. The summed E-state index contributed by atoms with van der Waals surface area (Å²) in [5.41, 5.74) is 1.81. The van der Waals surface area contributed by atoms with Crippen LogP contribution >= 0.6 is 0 Å². The van der Waals surface area contributed by atoms with Crippen LogP contribution in [0.4, 0.5) is 16.4 Å². The predicted molar refractivity (Wildman–Crippen MR) is 134 cm³/mol. The van der Waals surface area contributed by atoms with Gasteiger partial charge in [-0.15, -0.1) is 0 Å². The number of hydrogen-bond donors (Lipinski definition) is 2. The SMILES string of the molecule is Cc1nc(N2CCOCC2)[nH]c(=O)c1CCC(=O)Nc1cccc(CN(C)C(=O)OC(C)(C)C)c1. The Morgan fingerprint density at radius 1 is 1.26 bits per heavy atom. The molecule has 1 aliphatic heterocycles. The van der Waals surface area contributed by atoms with Gasteiger partial charge in [-0.25, -0.2) is 9.78 Å². The second-order valence-electron chi connectivity index (χ2n) is 9.64. The smallest absolute Gasteiger partial charge is 0.410 e. The van der Waals surface area contributed by atoms with Crippen molar-refractivity contribution < 1.29 is 19.1 Å². The van der Waals surface area contributed by atoms with Crippen molar-refractivity contribution in [1.82, 2.24) is 14.9 Å². The van der Waals surface area contributed by atoms with Crippen LogP contribution in [-0.4, -0.2) is 65.8 Å². The molecule has 1 aromatic heterocycles. The van der Waals surface area contributed by atoms with Crippen LogP contribution in [0.5, 0.6) is 0 Å². The Balaban J connectivity index is 1.56. The van der Waals surface area contributed by atoms with Crippen molar-refractivity contribution in [2.24, 2.45) is 0 Å². The average molecular weight is 486 g/mol. The van der Waals surface area contributed by atoms with Crippen LogP contribution in [0.25, 0.3) is 0 Å². The molecule has 10 nitrogen and oxygen atoms in total. The van der Waals surface area contributed by atoms with E-state index in [0.29, 0.717) is 55.7 Å². The van der Waals surface area contributed by atoms with Crippen molar-refractivity contribution in [3.63, 3.8) is 0 Å². The van der Waals surface area contributed by atoms with Crippen LogP contribution < -0.4 is 15.8 Å². The van der Waals surface area contributed by atoms with Gasteiger partial charge >= 0.3 is 6.09 Å². The molecule has 35 heavy (non-hydrogen) atoms. The van der Waals surface area contributed by atoms with Crippen molar-refractivity contribution in [3.05, 3.63) is 51.4 Å². The Morgan fingerprint density at radius 3 is 2.63 bits per heavy atom. The number of aromatic amines is 1. The Kier molecular flexibility index (Phi) is 8.50. The van der Waals surface area contributed by atoms with Gasteiger partial charge in [-0.2, -0.15) is 0 Å². The molecule has 2 N–H and O–H groups in total. The van der Waals surface area contributed by atoms with E-state index in [0.717, 1.165) is 5.56 Å². The quantitative estimate of drug-likeness (QED) is 0.619. The number of carbonyl (C=O) groups excluding carboxylic acids is 2. The van der Waals surface area contributed by atoms with Crippen molar-refractivity contribution >= 4 is 23.6 Å². The molecule has 0 atom stereocenters. The summed E-state index contributed by atoms with van der Waals surface area (Å²) in [6.45, 7) is 10.1. The molecule has 2 aromatic rings. The third kappa shape index (κ3) is 7.81. The lowest BCUT2D eigenvalue weighted by Gasteiger charge is -2.27. The van der Waals surface area contributed by atoms with E-state index < -0.39 is 11.7 Å². The largest absolute Gasteiger partial charge is 0.444 e. The first kappa shape index (κ1) is 26.2. The summed E-state index contributed by atoms with van der Waals surface area (Å²) < 4.78 is 10.7. The van der Waals surface area contributed by atoms with E-state index in [-0.39, 0.29) is 24.3 Å². The zero-order valence-electron chi connectivity index (χ0n) is 21.1. The first-order valence-electron chi connectivity index (χ1n) is 11.8. The van der Waals surface area contributed by atoms with Crippen LogP contribution in [0.2, 0.25) is 0 Å². The Labute approximate surface area is 205 Å². The number of amides is 2. The lowest BCUT2D eigenvalue weighted by Crippen LogP contribution is -2.38. The minimum absolute atomic E-state index is 0.143. The van der Waals surface area contributed by atoms with E-state index in [1.54, 1.807) is 20.0 Å². The lowest BCUT2D eigenvalue weighted by molar-refractivity contribution is -0.116. The molecule has 1 saturated heterocycles. The highest BCUT2D eigenvalue weighted by Crippen LogP contribution is 2.16. The molecular weight excluding hydrogens is 450 g/mol. The number of hydrogen-bond acceptors (Lipinski definition) is 7. The highest BCUT2D eigenvalue weighted by molar-refractivity contribution is 5.90. The number of nitrogens with one attached hydrogen (secondary N) is 2. The lowest BCUT2D eigenvalue weighted by atomic mass is 10.1. The van der Waals surface area contributed by atoms with Crippen molar-refractivity contribution in [1.29, 1.82) is 0 Å². The highest BCUT2D eigenvalue weighted by Gasteiger charge is 2.20. The molecule has 0 radical (unpaired) electrons. The fourth-order valence-electron chi connectivity index (χ4n) is 3.70. The van der Waals surface area contributed by atoms with Gasteiger partial charge in [-0.3, -0.25) is 14.6 Å². The molecule has 190 valence electrons. The van der Waals surface area contributed by atoms with Crippen molar-refractivity contribution in [2.45, 2.75) is 52.7 Å². The maximum absolute atomic E-state index is 12.6. The minimum Gasteiger partial charge on any atom is -0.444 e. The van der Waals surface area contributed by atoms with E-state index in [2.05, 4.69) is 15.3 Å². The molecule has 1 aliphatic rings. The monoisotopic (exact) mass is 485 g/mol. The zero-order valence-corrected chi connectivity index (χ0v) is 21.1. The normalized spacial score (nSPS) is 13.9. The number of H-pyrrole nitrogens is 1. The number of ether oxygens (including phenoxy) is 2. The van der Waals surface area contributed by atoms with Crippen molar-refractivity contribution in [2.75, 3.05) is 43.6 Å². The molecule has 1 aromatic carbocycles. The summed E-state index contributed by atoms with van der Waals surface area (Å²) >= 11 is 0. The average Bonchev–Trinajstić information content (AvgIpc) is 2.78. The minimum atomic E-state index is -0.570. The molecule has 0 unspecified atom stereocenters. The van der Waals surface area contributed by atoms with Crippen LogP contribution in [0.15, 0.2) is 29.1 Å². The third-order valence-electron chi connectivity index (χ3n) is 5.46. The molecule has 3 rings (SSSR count). The van der Waals surface area contributed by atoms with Crippen LogP contribution in [0, 0.1) is 6.92 Å². The van der Waals surface area contributed by atoms with E-state index in [1.807, 2.05) is 43.9 Å². The van der Waals surface area contributed by atoms with Gasteiger partial charge in [0.15, 0.2) is 0 Å². The maximum Gasteiger partial charge on any atom is 0.410 e. The second kappa shape index (κ2) is 11.4. The predicted octanol–water partition coefficient (Wildman–Crippen LogP) is 2.85. The number of benzene rings is 1. The second-order valence-corrected chi connectivity index (χ2v) is 9.64. The number of aromatic nitrogens is 2. The van der Waals surface area contributed by atoms with Crippen LogP contribution in [-0.2, 0) is 27.2 Å². The molecule has 10 heteroatoms. The Bertz CT molecular complexity index is 1100. The molecule has 0 spiro atoms. The van der Waals surface area contributed by atoms with Gasteiger partial charge in [-0.05, 0) is 51.8 Å². The number of morpholine rings is 1.